The van der Waals surface area contributed by atoms with Crippen LogP contribution in [0.1, 0.15) is 10.9 Å². The predicted molar refractivity (Wildman–Crippen MR) is 86.5 cm³/mol. The summed E-state index contributed by atoms with van der Waals surface area (Å²) in [5.74, 6) is 0.764. The van der Waals surface area contributed by atoms with E-state index in [1.54, 1.807) is 11.3 Å². The Kier molecular flexibility index (Phi) is 4.14. The van der Waals surface area contributed by atoms with E-state index in [2.05, 4.69) is 48.4 Å². The molecule has 3 aromatic rings. The Morgan fingerprint density at radius 2 is 2.17 bits per heavy atom. The van der Waals surface area contributed by atoms with Gasteiger partial charge in [0.1, 0.15) is 5.82 Å². The molecule has 0 aromatic carbocycles. The lowest BCUT2D eigenvalue weighted by Crippen LogP contribution is -2.41. The van der Waals surface area contributed by atoms with Crippen LogP contribution in [-0.4, -0.2) is 63.0 Å². The molecule has 1 saturated heterocycles. The summed E-state index contributed by atoms with van der Waals surface area (Å²) in [5.41, 5.74) is 0.638. The third kappa shape index (κ3) is 3.16. The molecular weight excluding hydrogens is 314 g/mol. The van der Waals surface area contributed by atoms with Crippen molar-refractivity contribution in [3.63, 3.8) is 0 Å². The Labute approximate surface area is 137 Å². The van der Waals surface area contributed by atoms with E-state index >= 15 is 0 Å². The van der Waals surface area contributed by atoms with Gasteiger partial charge >= 0.3 is 0 Å². The lowest BCUT2D eigenvalue weighted by Gasteiger charge is -2.34. The van der Waals surface area contributed by atoms with Crippen LogP contribution in [-0.2, 0) is 4.74 Å². The number of nitrogens with one attached hydrogen (secondary N) is 1. The number of ether oxygens (including phenoxy) is 1. The largest absolute Gasteiger partial charge is 0.379 e. The number of fused-ring (bicyclic) bond motifs is 1. The molecule has 9 heteroatoms. The molecule has 4 rings (SSSR count). The van der Waals surface area contributed by atoms with Gasteiger partial charge in [-0.2, -0.15) is 0 Å². The van der Waals surface area contributed by atoms with Crippen LogP contribution < -0.4 is 5.32 Å². The van der Waals surface area contributed by atoms with Gasteiger partial charge in [0, 0.05) is 24.5 Å². The molecule has 1 atom stereocenters. The molecule has 0 saturated carbocycles. The third-order valence-electron chi connectivity index (χ3n) is 3.90. The number of thiophene rings is 1. The highest BCUT2D eigenvalue weighted by Gasteiger charge is 2.23. The quantitative estimate of drug-likeness (QED) is 0.749. The van der Waals surface area contributed by atoms with E-state index in [1.807, 2.05) is 12.1 Å². The Bertz CT molecular complexity index is 753. The number of nitrogens with zero attached hydrogens (tertiary/aromatic N) is 6. The van der Waals surface area contributed by atoms with E-state index in [4.69, 9.17) is 4.74 Å². The fourth-order valence-electron chi connectivity index (χ4n) is 2.72. The van der Waals surface area contributed by atoms with Gasteiger partial charge in [-0.1, -0.05) is 6.07 Å². The summed E-state index contributed by atoms with van der Waals surface area (Å²) in [6.07, 6.45) is 0. The van der Waals surface area contributed by atoms with Crippen molar-refractivity contribution < 1.29 is 4.74 Å². The molecule has 1 fully saturated rings. The Hall–Kier alpha value is -2.10. The molecule has 8 nitrogen and oxygen atoms in total. The zero-order chi connectivity index (χ0) is 15.5. The summed E-state index contributed by atoms with van der Waals surface area (Å²) in [6, 6.07) is 8.34. The van der Waals surface area contributed by atoms with Gasteiger partial charge in [-0.05, 0) is 34.0 Å². The van der Waals surface area contributed by atoms with Crippen molar-refractivity contribution in [2.24, 2.45) is 0 Å². The SMILES string of the molecule is c1csc([C@@H](CNc2ccc3nnnn3n2)N2CCOCC2)c1. The number of hydrogen-bond acceptors (Lipinski definition) is 8. The maximum atomic E-state index is 5.47. The highest BCUT2D eigenvalue weighted by atomic mass is 32.1. The summed E-state index contributed by atoms with van der Waals surface area (Å²) < 4.78 is 6.90. The van der Waals surface area contributed by atoms with Gasteiger partial charge in [0.25, 0.3) is 0 Å². The average molecular weight is 331 g/mol. The second-order valence-corrected chi connectivity index (χ2v) is 6.28. The van der Waals surface area contributed by atoms with Crippen molar-refractivity contribution in [1.82, 2.24) is 30.2 Å². The fourth-order valence-corrected chi connectivity index (χ4v) is 3.59. The zero-order valence-corrected chi connectivity index (χ0v) is 13.3. The number of tetrazole rings is 1. The molecule has 0 spiro atoms. The van der Waals surface area contributed by atoms with E-state index in [-0.39, 0.29) is 0 Å². The molecular formula is C14H17N7OS. The Morgan fingerprint density at radius 3 is 3.00 bits per heavy atom. The van der Waals surface area contributed by atoms with Crippen molar-refractivity contribution in [3.05, 3.63) is 34.5 Å². The molecule has 0 amide bonds. The fraction of sp³-hybridized carbons (Fsp3) is 0.429. The second kappa shape index (κ2) is 6.57. The first kappa shape index (κ1) is 14.5. The van der Waals surface area contributed by atoms with Crippen LogP contribution in [0.2, 0.25) is 0 Å². The summed E-state index contributed by atoms with van der Waals surface area (Å²) in [7, 11) is 0. The zero-order valence-electron chi connectivity index (χ0n) is 12.5. The Morgan fingerprint density at radius 1 is 1.26 bits per heavy atom. The van der Waals surface area contributed by atoms with E-state index in [0.29, 0.717) is 11.7 Å². The lowest BCUT2D eigenvalue weighted by molar-refractivity contribution is 0.0194. The minimum absolute atomic E-state index is 0.310. The number of aromatic nitrogens is 5. The summed E-state index contributed by atoms with van der Waals surface area (Å²) in [4.78, 5) is 3.81. The van der Waals surface area contributed by atoms with Crippen molar-refractivity contribution in [1.29, 1.82) is 0 Å². The molecule has 1 N–H and O–H groups in total. The van der Waals surface area contributed by atoms with E-state index in [9.17, 15) is 0 Å². The van der Waals surface area contributed by atoms with Crippen LogP contribution >= 0.6 is 11.3 Å². The molecule has 1 aliphatic heterocycles. The van der Waals surface area contributed by atoms with Crippen LogP contribution in [0, 0.1) is 0 Å². The molecule has 0 aliphatic carbocycles. The average Bonchev–Trinajstić information content (AvgIpc) is 3.27. The molecule has 3 aromatic heterocycles. The second-order valence-electron chi connectivity index (χ2n) is 5.31. The van der Waals surface area contributed by atoms with E-state index in [0.717, 1.165) is 38.7 Å². The van der Waals surface area contributed by atoms with E-state index < -0.39 is 0 Å². The minimum Gasteiger partial charge on any atom is -0.379 e. The molecule has 4 heterocycles. The van der Waals surface area contributed by atoms with Gasteiger partial charge in [0.15, 0.2) is 5.65 Å². The lowest BCUT2D eigenvalue weighted by atomic mass is 10.2. The summed E-state index contributed by atoms with van der Waals surface area (Å²) in [5, 5.41) is 21.2. The summed E-state index contributed by atoms with van der Waals surface area (Å²) in [6.45, 7) is 4.25. The van der Waals surface area contributed by atoms with E-state index in [1.165, 1.54) is 9.51 Å². The molecule has 0 unspecified atom stereocenters. The van der Waals surface area contributed by atoms with Crippen LogP contribution in [0.3, 0.4) is 0 Å². The van der Waals surface area contributed by atoms with Crippen LogP contribution in [0.15, 0.2) is 29.6 Å². The highest BCUT2D eigenvalue weighted by Crippen LogP contribution is 2.26. The summed E-state index contributed by atoms with van der Waals surface area (Å²) >= 11 is 1.78. The first-order valence-corrected chi connectivity index (χ1v) is 8.42. The molecule has 0 bridgehead atoms. The highest BCUT2D eigenvalue weighted by molar-refractivity contribution is 7.10. The number of hydrogen-bond donors (Lipinski definition) is 1. The van der Waals surface area contributed by atoms with Crippen LogP contribution in [0.5, 0.6) is 0 Å². The first-order chi connectivity index (χ1) is 11.4. The Balaban J connectivity index is 1.50. The van der Waals surface area contributed by atoms with Gasteiger partial charge < -0.3 is 10.1 Å². The number of rotatable bonds is 5. The van der Waals surface area contributed by atoms with Crippen molar-refractivity contribution >= 4 is 22.8 Å². The van der Waals surface area contributed by atoms with Gasteiger partial charge in [0.2, 0.25) is 0 Å². The number of anilines is 1. The minimum atomic E-state index is 0.310. The van der Waals surface area contributed by atoms with Gasteiger partial charge in [-0.25, -0.2) is 0 Å². The first-order valence-electron chi connectivity index (χ1n) is 7.55. The van der Waals surface area contributed by atoms with Crippen LogP contribution in [0.4, 0.5) is 5.82 Å². The van der Waals surface area contributed by atoms with Gasteiger partial charge in [-0.3, -0.25) is 4.90 Å². The van der Waals surface area contributed by atoms with Gasteiger partial charge in [0.05, 0.1) is 19.3 Å². The third-order valence-corrected chi connectivity index (χ3v) is 4.88. The normalized spacial score (nSPS) is 17.4. The smallest absolute Gasteiger partial charge is 0.200 e. The van der Waals surface area contributed by atoms with Crippen molar-refractivity contribution in [3.8, 4) is 0 Å². The molecule has 120 valence electrons. The maximum Gasteiger partial charge on any atom is 0.200 e. The van der Waals surface area contributed by atoms with Crippen LogP contribution in [0.25, 0.3) is 5.65 Å². The monoisotopic (exact) mass is 331 g/mol. The topological polar surface area (TPSA) is 80.5 Å². The van der Waals surface area contributed by atoms with Crippen molar-refractivity contribution in [2.45, 2.75) is 6.04 Å². The molecule has 1 aliphatic rings. The molecule has 23 heavy (non-hydrogen) atoms. The van der Waals surface area contributed by atoms with Crippen molar-refractivity contribution in [2.75, 3.05) is 38.2 Å². The number of morpholine rings is 1. The standard InChI is InChI=1S/C14H17N7OS/c1-2-12(23-9-1)11(20-5-7-22-8-6-20)10-15-13-3-4-14-16-18-19-21(14)17-13/h1-4,9,11H,5-8,10H2,(H,15,17)/t11-/m1/s1. The van der Waals surface area contributed by atoms with Gasteiger partial charge in [-0.15, -0.1) is 26.2 Å². The molecule has 0 radical (unpaired) electrons. The predicted octanol–water partition coefficient (Wildman–Crippen LogP) is 1.07. The maximum absolute atomic E-state index is 5.47.